The Kier molecular flexibility index (Phi) is 5.89. The van der Waals surface area contributed by atoms with E-state index >= 15 is 0 Å². The Balaban J connectivity index is 1.26. The second-order valence-electron chi connectivity index (χ2n) is 8.15. The molecule has 3 aromatic carbocycles. The lowest BCUT2D eigenvalue weighted by Gasteiger charge is -2.38. The van der Waals surface area contributed by atoms with Crippen molar-refractivity contribution in [3.8, 4) is 11.5 Å². The summed E-state index contributed by atoms with van der Waals surface area (Å²) in [7, 11) is 0. The smallest absolute Gasteiger partial charge is 0.231 e. The van der Waals surface area contributed by atoms with Gasteiger partial charge in [0.2, 0.25) is 6.79 Å². The van der Waals surface area contributed by atoms with Crippen LogP contribution in [0.5, 0.6) is 11.5 Å². The van der Waals surface area contributed by atoms with Gasteiger partial charge in [0, 0.05) is 18.9 Å². The third-order valence-corrected chi connectivity index (χ3v) is 6.12. The molecule has 160 valence electrons. The van der Waals surface area contributed by atoms with Crippen LogP contribution in [0, 0.1) is 0 Å². The van der Waals surface area contributed by atoms with Gasteiger partial charge in [0.1, 0.15) is 0 Å². The fourth-order valence-corrected chi connectivity index (χ4v) is 4.48. The molecule has 2 N–H and O–H groups in total. The first-order chi connectivity index (χ1) is 15.3. The normalized spacial score (nSPS) is 22.6. The van der Waals surface area contributed by atoms with Gasteiger partial charge < -0.3 is 24.6 Å². The van der Waals surface area contributed by atoms with Gasteiger partial charge in [-0.3, -0.25) is 0 Å². The number of hydrogen-bond acceptors (Lipinski definition) is 5. The molecule has 1 fully saturated rings. The largest absolute Gasteiger partial charge is 0.454 e. The summed E-state index contributed by atoms with van der Waals surface area (Å²) < 4.78 is 17.1. The van der Waals surface area contributed by atoms with Gasteiger partial charge in [-0.15, -0.1) is 0 Å². The maximum Gasteiger partial charge on any atom is 0.231 e. The van der Waals surface area contributed by atoms with Crippen LogP contribution in [0.4, 0.5) is 0 Å². The molecule has 0 aromatic heterocycles. The molecule has 0 spiro atoms. The SMILES string of the molecule is O[C@@H]1C[C@@H](C(c2ccccc2)c2ccccc2)OC[C@H]1NCc1ccc2c(c1)OCO2. The molecule has 2 aliphatic rings. The van der Waals surface area contributed by atoms with Crippen LogP contribution in [-0.4, -0.2) is 36.8 Å². The summed E-state index contributed by atoms with van der Waals surface area (Å²) in [6.45, 7) is 1.37. The topological polar surface area (TPSA) is 60.0 Å². The number of benzene rings is 3. The first-order valence-corrected chi connectivity index (χ1v) is 10.8. The van der Waals surface area contributed by atoms with Gasteiger partial charge in [0.15, 0.2) is 11.5 Å². The molecule has 0 unspecified atom stereocenters. The quantitative estimate of drug-likeness (QED) is 0.638. The van der Waals surface area contributed by atoms with Gasteiger partial charge in [-0.2, -0.15) is 0 Å². The van der Waals surface area contributed by atoms with Crippen molar-refractivity contribution in [1.82, 2.24) is 5.32 Å². The van der Waals surface area contributed by atoms with E-state index in [4.69, 9.17) is 14.2 Å². The van der Waals surface area contributed by atoms with Gasteiger partial charge in [-0.05, 0) is 28.8 Å². The van der Waals surface area contributed by atoms with E-state index in [9.17, 15) is 5.11 Å². The molecule has 0 saturated carbocycles. The van der Waals surface area contributed by atoms with Crippen LogP contribution in [0.1, 0.15) is 29.0 Å². The number of aliphatic hydroxyl groups excluding tert-OH is 1. The molecular formula is C26H27NO4. The number of aliphatic hydroxyl groups is 1. The highest BCUT2D eigenvalue weighted by atomic mass is 16.7. The predicted octanol–water partition coefficient (Wildman–Crippen LogP) is 3.86. The van der Waals surface area contributed by atoms with E-state index < -0.39 is 6.10 Å². The second-order valence-corrected chi connectivity index (χ2v) is 8.15. The molecule has 1 saturated heterocycles. The Labute approximate surface area is 182 Å². The zero-order valence-electron chi connectivity index (χ0n) is 17.3. The molecule has 0 aliphatic carbocycles. The molecule has 0 amide bonds. The van der Waals surface area contributed by atoms with Crippen molar-refractivity contribution >= 4 is 0 Å². The minimum atomic E-state index is -0.484. The van der Waals surface area contributed by atoms with Crippen LogP contribution in [0.2, 0.25) is 0 Å². The number of ether oxygens (including phenoxy) is 3. The maximum atomic E-state index is 10.9. The molecule has 31 heavy (non-hydrogen) atoms. The minimum absolute atomic E-state index is 0.0802. The van der Waals surface area contributed by atoms with Gasteiger partial charge in [0.25, 0.3) is 0 Å². The summed E-state index contributed by atoms with van der Waals surface area (Å²) in [5, 5.41) is 14.4. The molecule has 2 heterocycles. The fourth-order valence-electron chi connectivity index (χ4n) is 4.48. The first-order valence-electron chi connectivity index (χ1n) is 10.8. The Morgan fingerprint density at radius 3 is 2.23 bits per heavy atom. The Hall–Kier alpha value is -2.86. The van der Waals surface area contributed by atoms with Crippen molar-refractivity contribution in [2.45, 2.75) is 37.1 Å². The highest BCUT2D eigenvalue weighted by molar-refractivity contribution is 5.44. The van der Waals surface area contributed by atoms with Crippen molar-refractivity contribution in [2.75, 3.05) is 13.4 Å². The predicted molar refractivity (Wildman–Crippen MR) is 118 cm³/mol. The lowest BCUT2D eigenvalue weighted by atomic mass is 9.82. The lowest BCUT2D eigenvalue weighted by molar-refractivity contribution is -0.0718. The van der Waals surface area contributed by atoms with Crippen LogP contribution in [0.3, 0.4) is 0 Å². The van der Waals surface area contributed by atoms with Crippen molar-refractivity contribution in [1.29, 1.82) is 0 Å². The number of hydrogen-bond donors (Lipinski definition) is 2. The molecule has 0 radical (unpaired) electrons. The van der Waals surface area contributed by atoms with Crippen LogP contribution < -0.4 is 14.8 Å². The van der Waals surface area contributed by atoms with Crippen molar-refractivity contribution in [3.05, 3.63) is 95.6 Å². The molecule has 5 rings (SSSR count). The zero-order chi connectivity index (χ0) is 21.0. The standard InChI is InChI=1S/C26H27NO4/c28-22-14-25(26(19-7-3-1-4-8-19)20-9-5-2-6-10-20)29-16-21(22)27-15-18-11-12-23-24(13-18)31-17-30-23/h1-13,21-22,25-28H,14-17H2/t21-,22-,25+/m1/s1. The van der Waals surface area contributed by atoms with E-state index in [0.717, 1.165) is 17.1 Å². The highest BCUT2D eigenvalue weighted by Crippen LogP contribution is 2.35. The van der Waals surface area contributed by atoms with E-state index in [0.29, 0.717) is 19.6 Å². The van der Waals surface area contributed by atoms with Crippen molar-refractivity contribution < 1.29 is 19.3 Å². The lowest BCUT2D eigenvalue weighted by Crippen LogP contribution is -2.50. The van der Waals surface area contributed by atoms with E-state index in [1.54, 1.807) is 0 Å². The average Bonchev–Trinajstić information content (AvgIpc) is 3.28. The van der Waals surface area contributed by atoms with Gasteiger partial charge in [-0.25, -0.2) is 0 Å². The summed E-state index contributed by atoms with van der Waals surface area (Å²) in [4.78, 5) is 0. The number of rotatable bonds is 6. The van der Waals surface area contributed by atoms with Gasteiger partial charge in [0.05, 0.1) is 24.9 Å². The van der Waals surface area contributed by atoms with E-state index in [-0.39, 0.29) is 24.9 Å². The Morgan fingerprint density at radius 1 is 0.871 bits per heavy atom. The second kappa shape index (κ2) is 9.10. The Bertz CT molecular complexity index is 955. The van der Waals surface area contributed by atoms with E-state index in [1.807, 2.05) is 30.3 Å². The third kappa shape index (κ3) is 4.44. The summed E-state index contributed by atoms with van der Waals surface area (Å²) in [5.41, 5.74) is 3.50. The molecule has 0 bridgehead atoms. The summed E-state index contributed by atoms with van der Waals surface area (Å²) in [6, 6.07) is 26.6. The molecule has 5 nitrogen and oxygen atoms in total. The highest BCUT2D eigenvalue weighted by Gasteiger charge is 2.35. The van der Waals surface area contributed by atoms with Crippen LogP contribution in [-0.2, 0) is 11.3 Å². The first kappa shape index (κ1) is 20.1. The van der Waals surface area contributed by atoms with E-state index in [1.165, 1.54) is 11.1 Å². The van der Waals surface area contributed by atoms with Crippen LogP contribution in [0.15, 0.2) is 78.9 Å². The van der Waals surface area contributed by atoms with Gasteiger partial charge in [-0.1, -0.05) is 66.7 Å². The average molecular weight is 418 g/mol. The van der Waals surface area contributed by atoms with Crippen LogP contribution in [0.25, 0.3) is 0 Å². The third-order valence-electron chi connectivity index (χ3n) is 6.12. The Morgan fingerprint density at radius 2 is 1.55 bits per heavy atom. The molecular weight excluding hydrogens is 390 g/mol. The van der Waals surface area contributed by atoms with Crippen LogP contribution >= 0.6 is 0 Å². The van der Waals surface area contributed by atoms with Crippen molar-refractivity contribution in [2.24, 2.45) is 0 Å². The minimum Gasteiger partial charge on any atom is -0.454 e. The maximum absolute atomic E-state index is 10.9. The van der Waals surface area contributed by atoms with Crippen molar-refractivity contribution in [3.63, 3.8) is 0 Å². The zero-order valence-corrected chi connectivity index (χ0v) is 17.3. The molecule has 3 atom stereocenters. The molecule has 3 aromatic rings. The summed E-state index contributed by atoms with van der Waals surface area (Å²) in [5.74, 6) is 1.64. The summed E-state index contributed by atoms with van der Waals surface area (Å²) >= 11 is 0. The molecule has 2 aliphatic heterocycles. The monoisotopic (exact) mass is 417 g/mol. The van der Waals surface area contributed by atoms with Gasteiger partial charge >= 0.3 is 0 Å². The fraction of sp³-hybridized carbons (Fsp3) is 0.308. The number of fused-ring (bicyclic) bond motifs is 1. The molecule has 5 heteroatoms. The summed E-state index contributed by atoms with van der Waals surface area (Å²) in [6.07, 6.45) is 0.0128. The van der Waals surface area contributed by atoms with E-state index in [2.05, 4.69) is 53.8 Å². The number of nitrogens with one attached hydrogen (secondary N) is 1.